The molecule has 0 amide bonds. The summed E-state index contributed by atoms with van der Waals surface area (Å²) in [4.78, 5) is 0. The van der Waals surface area contributed by atoms with E-state index >= 15 is 0 Å². The molecule has 0 aromatic heterocycles. The van der Waals surface area contributed by atoms with Crippen LogP contribution in [0.1, 0.15) is 51.0 Å². The van der Waals surface area contributed by atoms with Crippen molar-refractivity contribution in [2.75, 3.05) is 0 Å². The number of unbranched alkanes of at least 4 members (excludes halogenated alkanes) is 5. The van der Waals surface area contributed by atoms with Crippen molar-refractivity contribution in [3.63, 3.8) is 0 Å². The van der Waals surface area contributed by atoms with Crippen LogP contribution in [0.4, 0.5) is 0 Å². The third-order valence-electron chi connectivity index (χ3n) is 2.61. The van der Waals surface area contributed by atoms with Crippen LogP contribution in [-0.4, -0.2) is 16.0 Å². The van der Waals surface area contributed by atoms with E-state index in [4.69, 9.17) is 0 Å². The quantitative estimate of drug-likeness (QED) is 0.425. The second kappa shape index (κ2) is 15.0. The molecule has 0 aliphatic carbocycles. The summed E-state index contributed by atoms with van der Waals surface area (Å²) < 4.78 is 0. The summed E-state index contributed by atoms with van der Waals surface area (Å²) >= 11 is 6.44. The molecule has 0 N–H and O–H groups in total. The van der Waals surface area contributed by atoms with Crippen LogP contribution < -0.4 is 0 Å². The minimum Gasteiger partial charge on any atom is -0.280 e. The van der Waals surface area contributed by atoms with Crippen molar-refractivity contribution in [3.05, 3.63) is 35.9 Å². The van der Waals surface area contributed by atoms with Gasteiger partial charge in [-0.3, -0.25) is 25.8 Å². The minimum atomic E-state index is 0.0417. The van der Waals surface area contributed by atoms with E-state index in [9.17, 15) is 0 Å². The number of benzene rings is 1. The molecule has 17 heavy (non-hydrogen) atoms. The maximum Gasteiger partial charge on any atom is 0.560 e. The van der Waals surface area contributed by atoms with E-state index in [1.807, 2.05) is 12.1 Å². The monoisotopic (exact) mass is 371 g/mol. The molecule has 0 saturated carbocycles. The molecule has 3 heteroatoms. The second-order valence-electron chi connectivity index (χ2n) is 4.03. The van der Waals surface area contributed by atoms with Gasteiger partial charge in [-0.15, -0.1) is 0 Å². The van der Waals surface area contributed by atoms with E-state index in [2.05, 4.69) is 50.9 Å². The SMILES string of the molecule is CCCCCCCCc1cc[c]cc1.[Br][Mg][Br]. The van der Waals surface area contributed by atoms with Gasteiger partial charge in [0.15, 0.2) is 0 Å². The van der Waals surface area contributed by atoms with Gasteiger partial charge in [0.2, 0.25) is 0 Å². The Labute approximate surface area is 128 Å². The highest BCUT2D eigenvalue weighted by Gasteiger charge is 1.92. The molecule has 1 aromatic rings. The molecule has 0 bridgehead atoms. The zero-order chi connectivity index (χ0) is 12.8. The standard InChI is InChI=1S/C14H21.2BrH.Mg/c1-2-3-4-5-6-8-11-14-12-9-7-10-13-14;;;/h9-10,12-13H,2-6,8,11H2,1H3;2*1H;/q;;;+2/p-2. The van der Waals surface area contributed by atoms with Crippen molar-refractivity contribution in [2.45, 2.75) is 51.9 Å². The predicted octanol–water partition coefficient (Wildman–Crippen LogP) is 5.70. The second-order valence-corrected chi connectivity index (χ2v) is 12.1. The third kappa shape index (κ3) is 13.2. The fourth-order valence-electron chi connectivity index (χ4n) is 1.70. The van der Waals surface area contributed by atoms with Crippen molar-refractivity contribution in [1.82, 2.24) is 0 Å². The largest absolute Gasteiger partial charge is 0.560 e. The van der Waals surface area contributed by atoms with E-state index in [1.165, 1.54) is 50.5 Å². The summed E-state index contributed by atoms with van der Waals surface area (Å²) in [6, 6.07) is 11.4. The van der Waals surface area contributed by atoms with Crippen LogP contribution in [0.15, 0.2) is 24.3 Å². The van der Waals surface area contributed by atoms with Crippen molar-refractivity contribution in [2.24, 2.45) is 0 Å². The van der Waals surface area contributed by atoms with Gasteiger partial charge in [0.25, 0.3) is 0 Å². The molecule has 93 valence electrons. The van der Waals surface area contributed by atoms with Gasteiger partial charge in [-0.1, -0.05) is 63.3 Å². The van der Waals surface area contributed by atoms with Gasteiger partial charge >= 0.3 is 16.0 Å². The Hall–Kier alpha value is 0.946. The molecule has 0 spiro atoms. The molecule has 0 atom stereocenters. The lowest BCUT2D eigenvalue weighted by Crippen LogP contribution is -1.85. The molecule has 1 radical (unpaired) electrons. The predicted molar refractivity (Wildman–Crippen MR) is 86.0 cm³/mol. The van der Waals surface area contributed by atoms with Crippen molar-refractivity contribution in [1.29, 1.82) is 0 Å². The topological polar surface area (TPSA) is 0 Å². The van der Waals surface area contributed by atoms with Crippen LogP contribution in [0.25, 0.3) is 0 Å². The highest BCUT2D eigenvalue weighted by molar-refractivity contribution is 9.47. The Balaban J connectivity index is 0.000000770. The van der Waals surface area contributed by atoms with Gasteiger partial charge < -0.3 is 0 Å². The third-order valence-corrected chi connectivity index (χ3v) is 2.61. The van der Waals surface area contributed by atoms with Gasteiger partial charge in [0.1, 0.15) is 0 Å². The van der Waals surface area contributed by atoms with Crippen LogP contribution >= 0.6 is 25.8 Å². The van der Waals surface area contributed by atoms with E-state index < -0.39 is 0 Å². The number of hydrogen-bond donors (Lipinski definition) is 0. The Morgan fingerprint density at radius 2 is 1.53 bits per heavy atom. The zero-order valence-electron chi connectivity index (χ0n) is 10.7. The lowest BCUT2D eigenvalue weighted by molar-refractivity contribution is 0.607. The van der Waals surface area contributed by atoms with Crippen LogP contribution in [0, 0.1) is 6.07 Å². The molecule has 0 aliphatic rings. The minimum absolute atomic E-state index is 0.0417. The first-order chi connectivity index (χ1) is 8.35. The smallest absolute Gasteiger partial charge is 0.280 e. The molecule has 1 aromatic carbocycles. The summed E-state index contributed by atoms with van der Waals surface area (Å²) in [7, 11) is 0. The molecular weight excluding hydrogens is 352 g/mol. The summed E-state index contributed by atoms with van der Waals surface area (Å²) in [5, 5.41) is 0. The highest BCUT2D eigenvalue weighted by atomic mass is 79.9. The first kappa shape index (κ1) is 17.9. The van der Waals surface area contributed by atoms with Crippen LogP contribution in [-0.2, 0) is 6.42 Å². The van der Waals surface area contributed by atoms with Gasteiger partial charge in [-0.25, -0.2) is 0 Å². The summed E-state index contributed by atoms with van der Waals surface area (Å²) in [6.45, 7) is 2.26. The Morgan fingerprint density at radius 1 is 1.00 bits per heavy atom. The molecule has 0 heterocycles. The van der Waals surface area contributed by atoms with E-state index in [0.717, 1.165) is 0 Å². The van der Waals surface area contributed by atoms with Gasteiger partial charge in [-0.05, 0) is 24.5 Å². The Morgan fingerprint density at radius 3 is 2.12 bits per heavy atom. The maximum atomic E-state index is 3.20. The Kier molecular flexibility index (Phi) is 15.8. The molecule has 0 saturated heterocycles. The number of aryl methyl sites for hydroxylation is 1. The van der Waals surface area contributed by atoms with Gasteiger partial charge in [0, 0.05) is 0 Å². The molecule has 1 rings (SSSR count). The van der Waals surface area contributed by atoms with Crippen molar-refractivity contribution >= 4 is 41.8 Å². The van der Waals surface area contributed by atoms with Crippen LogP contribution in [0.2, 0.25) is 0 Å². The van der Waals surface area contributed by atoms with E-state index in [0.29, 0.717) is 0 Å². The van der Waals surface area contributed by atoms with Gasteiger partial charge in [-0.2, -0.15) is 0 Å². The molecule has 0 fully saturated rings. The fourth-order valence-corrected chi connectivity index (χ4v) is 1.70. The first-order valence-corrected chi connectivity index (χ1v) is 14.2. The van der Waals surface area contributed by atoms with E-state index in [1.54, 1.807) is 0 Å². The number of hydrogen-bond acceptors (Lipinski definition) is 0. The summed E-state index contributed by atoms with van der Waals surface area (Å²) in [5.41, 5.74) is 1.46. The summed E-state index contributed by atoms with van der Waals surface area (Å²) in [6.07, 6.45) is 9.54. The molecule has 0 aliphatic heterocycles. The fraction of sp³-hybridized carbons (Fsp3) is 0.571. The maximum absolute atomic E-state index is 3.20. The summed E-state index contributed by atoms with van der Waals surface area (Å²) in [5.74, 6) is 0. The Bertz CT molecular complexity index is 239. The van der Waals surface area contributed by atoms with Crippen LogP contribution in [0.3, 0.4) is 0 Å². The average Bonchev–Trinajstić information content (AvgIpc) is 2.36. The molecule has 0 unspecified atom stereocenters. The van der Waals surface area contributed by atoms with E-state index in [-0.39, 0.29) is 16.0 Å². The normalized spacial score (nSPS) is 9.12. The average molecular weight is 373 g/mol. The number of rotatable bonds is 7. The lowest BCUT2D eigenvalue weighted by atomic mass is 10.1. The highest BCUT2D eigenvalue weighted by Crippen LogP contribution is 2.09. The van der Waals surface area contributed by atoms with Crippen molar-refractivity contribution < 1.29 is 0 Å². The van der Waals surface area contributed by atoms with Gasteiger partial charge in [0.05, 0.1) is 0 Å². The first-order valence-electron chi connectivity index (χ1n) is 6.42. The zero-order valence-corrected chi connectivity index (χ0v) is 15.3. The molecular formula is C14H21Br2Mg. The lowest BCUT2D eigenvalue weighted by Gasteiger charge is -2.01. The number of halogens is 2. The van der Waals surface area contributed by atoms with Crippen molar-refractivity contribution in [3.8, 4) is 0 Å². The van der Waals surface area contributed by atoms with Crippen LogP contribution in [0.5, 0.6) is 0 Å². The molecule has 0 nitrogen and oxygen atoms in total.